The highest BCUT2D eigenvalue weighted by Crippen LogP contribution is 2.21. The summed E-state index contributed by atoms with van der Waals surface area (Å²) in [5, 5.41) is 14.8. The minimum Gasteiger partial charge on any atom is -0.394 e. The number of carbonyl (C=O) groups excluding carboxylic acids is 1. The highest BCUT2D eigenvalue weighted by Gasteiger charge is 2.10. The molecule has 2 atom stereocenters. The highest BCUT2D eigenvalue weighted by molar-refractivity contribution is 8.00. The van der Waals surface area contributed by atoms with E-state index in [2.05, 4.69) is 29.7 Å². The summed E-state index contributed by atoms with van der Waals surface area (Å²) in [4.78, 5) is 12.8. The Morgan fingerprint density at radius 2 is 2.05 bits per heavy atom. The third-order valence-corrected chi connectivity index (χ3v) is 3.79. The number of urea groups is 1. The first-order chi connectivity index (χ1) is 9.15. The fourth-order valence-electron chi connectivity index (χ4n) is 1.52. The number of aliphatic hydroxyl groups excluding tert-OH is 1. The molecule has 0 bridgehead atoms. The Kier molecular flexibility index (Phi) is 7.36. The van der Waals surface area contributed by atoms with E-state index in [4.69, 9.17) is 5.11 Å². The average molecular weight is 282 g/mol. The maximum Gasteiger partial charge on any atom is 0.315 e. The summed E-state index contributed by atoms with van der Waals surface area (Å²) in [6.45, 7) is 4.56. The van der Waals surface area contributed by atoms with E-state index >= 15 is 0 Å². The number of nitrogens with one attached hydrogen (secondary N) is 2. The predicted octanol–water partition coefficient (Wildman–Crippen LogP) is 2.24. The first-order valence-corrected chi connectivity index (χ1v) is 7.40. The third kappa shape index (κ3) is 6.50. The van der Waals surface area contributed by atoms with Crippen LogP contribution in [-0.4, -0.2) is 35.6 Å². The van der Waals surface area contributed by atoms with Crippen LogP contribution >= 0.6 is 11.8 Å². The van der Waals surface area contributed by atoms with Gasteiger partial charge in [-0.25, -0.2) is 4.79 Å². The van der Waals surface area contributed by atoms with E-state index in [1.54, 1.807) is 11.8 Å². The van der Waals surface area contributed by atoms with E-state index in [-0.39, 0.29) is 18.7 Å². The molecule has 0 heterocycles. The molecule has 0 aliphatic rings. The lowest BCUT2D eigenvalue weighted by Crippen LogP contribution is -2.45. The molecule has 0 saturated carbocycles. The van der Waals surface area contributed by atoms with Gasteiger partial charge in [0.1, 0.15) is 0 Å². The predicted molar refractivity (Wildman–Crippen MR) is 79.5 cm³/mol. The summed E-state index contributed by atoms with van der Waals surface area (Å²) in [6, 6.07) is 9.71. The zero-order valence-corrected chi connectivity index (χ0v) is 12.2. The Hall–Kier alpha value is -1.20. The first kappa shape index (κ1) is 15.9. The lowest BCUT2D eigenvalue weighted by Gasteiger charge is -2.16. The van der Waals surface area contributed by atoms with Gasteiger partial charge in [0, 0.05) is 16.7 Å². The number of rotatable bonds is 7. The van der Waals surface area contributed by atoms with Crippen molar-refractivity contribution in [3.8, 4) is 0 Å². The van der Waals surface area contributed by atoms with E-state index in [1.807, 2.05) is 25.1 Å². The molecule has 0 radical (unpaired) electrons. The van der Waals surface area contributed by atoms with Crippen LogP contribution in [0.3, 0.4) is 0 Å². The number of benzene rings is 1. The van der Waals surface area contributed by atoms with Gasteiger partial charge < -0.3 is 15.7 Å². The van der Waals surface area contributed by atoms with E-state index in [0.717, 1.165) is 6.42 Å². The second-order valence-corrected chi connectivity index (χ2v) is 5.90. The summed E-state index contributed by atoms with van der Waals surface area (Å²) in [6.07, 6.45) is 0.720. The van der Waals surface area contributed by atoms with E-state index in [0.29, 0.717) is 11.8 Å². The van der Waals surface area contributed by atoms with Crippen LogP contribution in [0.1, 0.15) is 20.3 Å². The molecule has 0 fully saturated rings. The smallest absolute Gasteiger partial charge is 0.315 e. The fourth-order valence-corrected chi connectivity index (χ4v) is 2.47. The molecule has 2 unspecified atom stereocenters. The Balaban J connectivity index is 2.26. The number of carbonyl (C=O) groups is 1. The van der Waals surface area contributed by atoms with Gasteiger partial charge in [-0.2, -0.15) is 0 Å². The van der Waals surface area contributed by atoms with Crippen LogP contribution < -0.4 is 10.6 Å². The van der Waals surface area contributed by atoms with Crippen molar-refractivity contribution >= 4 is 17.8 Å². The molecular weight excluding hydrogens is 260 g/mol. The quantitative estimate of drug-likeness (QED) is 0.672. The summed E-state index contributed by atoms with van der Waals surface area (Å²) >= 11 is 1.72. The zero-order chi connectivity index (χ0) is 14.1. The molecule has 0 spiro atoms. The Bertz CT molecular complexity index is 369. The van der Waals surface area contributed by atoms with Gasteiger partial charge in [0.25, 0.3) is 0 Å². The molecule has 1 rings (SSSR count). The van der Waals surface area contributed by atoms with Gasteiger partial charge in [-0.05, 0) is 18.6 Å². The van der Waals surface area contributed by atoms with Crippen molar-refractivity contribution in [2.24, 2.45) is 0 Å². The molecule has 3 N–H and O–H groups in total. The van der Waals surface area contributed by atoms with Crippen molar-refractivity contribution in [3.05, 3.63) is 30.3 Å². The minimum atomic E-state index is -0.221. The summed E-state index contributed by atoms with van der Waals surface area (Å²) < 4.78 is 0. The number of hydrogen-bond acceptors (Lipinski definition) is 3. The largest absolute Gasteiger partial charge is 0.394 e. The van der Waals surface area contributed by atoms with Crippen LogP contribution in [0, 0.1) is 0 Å². The number of hydrogen-bond donors (Lipinski definition) is 3. The summed E-state index contributed by atoms with van der Waals surface area (Å²) in [5.41, 5.74) is 0. The minimum absolute atomic E-state index is 0.0295. The maximum atomic E-state index is 11.6. The van der Waals surface area contributed by atoms with Gasteiger partial charge in [-0.3, -0.25) is 0 Å². The van der Waals surface area contributed by atoms with Gasteiger partial charge >= 0.3 is 6.03 Å². The second-order valence-electron chi connectivity index (χ2n) is 4.38. The van der Waals surface area contributed by atoms with Crippen molar-refractivity contribution < 1.29 is 9.90 Å². The molecule has 0 aliphatic carbocycles. The van der Waals surface area contributed by atoms with Crippen molar-refractivity contribution in [1.82, 2.24) is 10.6 Å². The molecule has 5 heteroatoms. The molecule has 0 saturated heterocycles. The monoisotopic (exact) mass is 282 g/mol. The van der Waals surface area contributed by atoms with Crippen LogP contribution in [0.2, 0.25) is 0 Å². The normalized spacial score (nSPS) is 13.6. The molecule has 106 valence electrons. The summed E-state index contributed by atoms with van der Waals surface area (Å²) in [5.74, 6) is 0. The van der Waals surface area contributed by atoms with Crippen LogP contribution in [0.4, 0.5) is 4.79 Å². The van der Waals surface area contributed by atoms with Crippen molar-refractivity contribution in [2.45, 2.75) is 36.5 Å². The summed E-state index contributed by atoms with van der Waals surface area (Å²) in [7, 11) is 0. The number of amides is 2. The third-order valence-electron chi connectivity index (χ3n) is 2.68. The Labute approximate surface area is 119 Å². The van der Waals surface area contributed by atoms with Gasteiger partial charge in [-0.1, -0.05) is 32.0 Å². The molecule has 4 nitrogen and oxygen atoms in total. The molecular formula is C14H22N2O2S. The Morgan fingerprint density at radius 3 is 2.63 bits per heavy atom. The SMILES string of the molecule is CCC(CO)NC(=O)NCC(C)Sc1ccccc1. The van der Waals surface area contributed by atoms with E-state index in [1.165, 1.54) is 4.90 Å². The molecule has 2 amide bonds. The molecule has 0 aromatic heterocycles. The van der Waals surface area contributed by atoms with Gasteiger partial charge in [0.15, 0.2) is 0 Å². The topological polar surface area (TPSA) is 61.4 Å². The highest BCUT2D eigenvalue weighted by atomic mass is 32.2. The number of aliphatic hydroxyl groups is 1. The van der Waals surface area contributed by atoms with Crippen LogP contribution in [-0.2, 0) is 0 Å². The van der Waals surface area contributed by atoms with Crippen molar-refractivity contribution in [3.63, 3.8) is 0 Å². The lowest BCUT2D eigenvalue weighted by molar-refractivity contribution is 0.214. The molecule has 19 heavy (non-hydrogen) atoms. The molecule has 1 aromatic carbocycles. The lowest BCUT2D eigenvalue weighted by atomic mass is 10.2. The standard InChI is InChI=1S/C14H22N2O2S/c1-3-12(10-17)16-14(18)15-9-11(2)19-13-7-5-4-6-8-13/h4-8,11-12,17H,3,9-10H2,1-2H3,(H2,15,16,18). The van der Waals surface area contributed by atoms with Crippen LogP contribution in [0.25, 0.3) is 0 Å². The van der Waals surface area contributed by atoms with Crippen molar-refractivity contribution in [1.29, 1.82) is 0 Å². The Morgan fingerprint density at radius 1 is 1.37 bits per heavy atom. The van der Waals surface area contributed by atoms with E-state index in [9.17, 15) is 4.79 Å². The van der Waals surface area contributed by atoms with Crippen molar-refractivity contribution in [2.75, 3.05) is 13.2 Å². The average Bonchev–Trinajstić information content (AvgIpc) is 2.43. The number of thioether (sulfide) groups is 1. The van der Waals surface area contributed by atoms with Gasteiger partial charge in [0.2, 0.25) is 0 Å². The molecule has 1 aromatic rings. The van der Waals surface area contributed by atoms with Crippen LogP contribution in [0.5, 0.6) is 0 Å². The van der Waals surface area contributed by atoms with Gasteiger partial charge in [-0.15, -0.1) is 11.8 Å². The fraction of sp³-hybridized carbons (Fsp3) is 0.500. The zero-order valence-electron chi connectivity index (χ0n) is 11.4. The maximum absolute atomic E-state index is 11.6. The first-order valence-electron chi connectivity index (χ1n) is 6.52. The van der Waals surface area contributed by atoms with Crippen LogP contribution in [0.15, 0.2) is 35.2 Å². The second kappa shape index (κ2) is 8.82. The molecule has 0 aliphatic heterocycles. The van der Waals surface area contributed by atoms with Gasteiger partial charge in [0.05, 0.1) is 12.6 Å². The van der Waals surface area contributed by atoms with E-state index < -0.39 is 0 Å².